The lowest BCUT2D eigenvalue weighted by atomic mass is 9.86. The molecule has 2 saturated heterocycles. The molecule has 0 saturated carbocycles. The molecule has 0 atom stereocenters. The number of piperazine rings is 1. The molecule has 0 bridgehead atoms. The smallest absolute Gasteiger partial charge is 0.243 e. The van der Waals surface area contributed by atoms with E-state index < -0.39 is 15.4 Å². The Morgan fingerprint density at radius 1 is 1.00 bits per heavy atom. The van der Waals surface area contributed by atoms with Crippen LogP contribution in [0, 0.1) is 0 Å². The van der Waals surface area contributed by atoms with E-state index in [4.69, 9.17) is 0 Å². The zero-order valence-electron chi connectivity index (χ0n) is 18.6. The van der Waals surface area contributed by atoms with Crippen LogP contribution in [0.25, 0.3) is 0 Å². The molecule has 3 heterocycles. The van der Waals surface area contributed by atoms with Crippen molar-refractivity contribution in [2.75, 3.05) is 57.8 Å². The maximum Gasteiger partial charge on any atom is 0.243 e. The summed E-state index contributed by atoms with van der Waals surface area (Å²) in [6.07, 6.45) is 2.79. The van der Waals surface area contributed by atoms with Crippen molar-refractivity contribution in [3.63, 3.8) is 0 Å². The Labute approximate surface area is 184 Å². The lowest BCUT2D eigenvalue weighted by Gasteiger charge is -2.33. The van der Waals surface area contributed by atoms with E-state index in [0.717, 1.165) is 32.4 Å². The Morgan fingerprint density at radius 2 is 1.65 bits per heavy atom. The first-order chi connectivity index (χ1) is 14.6. The molecule has 1 aromatic rings. The third-order valence-electron chi connectivity index (χ3n) is 6.81. The predicted octanol–water partition coefficient (Wildman–Crippen LogP) is 1.26. The monoisotopic (exact) mass is 448 g/mol. The van der Waals surface area contributed by atoms with Gasteiger partial charge in [-0.1, -0.05) is 6.42 Å². The molecule has 2 amide bonds. The number of likely N-dealkylation sites (N-methyl/N-ethyl adjacent to an activating group) is 1. The third kappa shape index (κ3) is 3.99. The third-order valence-corrected chi connectivity index (χ3v) is 8.71. The van der Waals surface area contributed by atoms with Gasteiger partial charge in [0.15, 0.2) is 0 Å². The molecule has 0 aliphatic carbocycles. The molecule has 31 heavy (non-hydrogen) atoms. The number of carbonyl (C=O) groups excluding carboxylic acids is 2. The Bertz CT molecular complexity index is 977. The van der Waals surface area contributed by atoms with Crippen LogP contribution in [0.4, 0.5) is 5.69 Å². The summed E-state index contributed by atoms with van der Waals surface area (Å²) in [4.78, 5) is 31.8. The SMILES string of the molecule is CN1CCN(C(=O)CN2C(=O)C(C)(C)c3cc(S(=O)(=O)N4CCCCC4)ccc32)CC1. The lowest BCUT2D eigenvalue weighted by Crippen LogP contribution is -2.51. The quantitative estimate of drug-likeness (QED) is 0.693. The van der Waals surface area contributed by atoms with E-state index in [0.29, 0.717) is 37.4 Å². The van der Waals surface area contributed by atoms with E-state index in [1.54, 1.807) is 36.9 Å². The maximum absolute atomic E-state index is 13.2. The average molecular weight is 449 g/mol. The van der Waals surface area contributed by atoms with Gasteiger partial charge in [0.05, 0.1) is 10.3 Å². The number of nitrogens with zero attached hydrogens (tertiary/aromatic N) is 4. The van der Waals surface area contributed by atoms with Crippen molar-refractivity contribution >= 4 is 27.5 Å². The van der Waals surface area contributed by atoms with Gasteiger partial charge >= 0.3 is 0 Å². The molecule has 4 rings (SSSR count). The van der Waals surface area contributed by atoms with Crippen molar-refractivity contribution in [3.05, 3.63) is 23.8 Å². The van der Waals surface area contributed by atoms with E-state index in [9.17, 15) is 18.0 Å². The number of hydrogen-bond acceptors (Lipinski definition) is 5. The van der Waals surface area contributed by atoms with Crippen LogP contribution in [0.3, 0.4) is 0 Å². The Hall–Kier alpha value is -1.97. The molecular weight excluding hydrogens is 416 g/mol. The average Bonchev–Trinajstić information content (AvgIpc) is 2.95. The molecule has 0 unspecified atom stereocenters. The molecule has 0 spiro atoms. The van der Waals surface area contributed by atoms with Gasteiger partial charge in [-0.05, 0) is 57.5 Å². The molecular formula is C22H32N4O4S. The van der Waals surface area contributed by atoms with Gasteiger partial charge in [-0.3, -0.25) is 9.59 Å². The van der Waals surface area contributed by atoms with Crippen LogP contribution in [0.1, 0.15) is 38.7 Å². The Balaban J connectivity index is 1.60. The summed E-state index contributed by atoms with van der Waals surface area (Å²) in [5, 5.41) is 0. The molecule has 3 aliphatic heterocycles. The predicted molar refractivity (Wildman–Crippen MR) is 119 cm³/mol. The molecule has 0 N–H and O–H groups in total. The summed E-state index contributed by atoms with van der Waals surface area (Å²) >= 11 is 0. The number of rotatable bonds is 4. The molecule has 8 nitrogen and oxygen atoms in total. The summed E-state index contributed by atoms with van der Waals surface area (Å²) < 4.78 is 27.8. The summed E-state index contributed by atoms with van der Waals surface area (Å²) in [5.41, 5.74) is 0.419. The van der Waals surface area contributed by atoms with Gasteiger partial charge in [0, 0.05) is 45.0 Å². The van der Waals surface area contributed by atoms with Crippen LogP contribution in [-0.2, 0) is 25.0 Å². The summed E-state index contributed by atoms with van der Waals surface area (Å²) in [5.74, 6) is -0.243. The minimum Gasteiger partial charge on any atom is -0.339 e. The minimum absolute atomic E-state index is 0.0167. The second-order valence-electron chi connectivity index (χ2n) is 9.34. The maximum atomic E-state index is 13.2. The number of sulfonamides is 1. The van der Waals surface area contributed by atoms with E-state index in [1.165, 1.54) is 9.21 Å². The summed E-state index contributed by atoms with van der Waals surface area (Å²) in [7, 11) is -1.56. The number of fused-ring (bicyclic) bond motifs is 1. The van der Waals surface area contributed by atoms with Crippen LogP contribution < -0.4 is 4.90 Å². The van der Waals surface area contributed by atoms with Crippen molar-refractivity contribution < 1.29 is 18.0 Å². The van der Waals surface area contributed by atoms with Crippen molar-refractivity contribution in [2.24, 2.45) is 0 Å². The molecule has 9 heteroatoms. The fourth-order valence-electron chi connectivity index (χ4n) is 4.68. The summed E-state index contributed by atoms with van der Waals surface area (Å²) in [6, 6.07) is 4.90. The fourth-order valence-corrected chi connectivity index (χ4v) is 6.22. The molecule has 170 valence electrons. The second kappa shape index (κ2) is 8.18. The van der Waals surface area contributed by atoms with Gasteiger partial charge in [0.1, 0.15) is 6.54 Å². The van der Waals surface area contributed by atoms with E-state index >= 15 is 0 Å². The number of anilines is 1. The highest BCUT2D eigenvalue weighted by molar-refractivity contribution is 7.89. The Morgan fingerprint density at radius 3 is 2.29 bits per heavy atom. The van der Waals surface area contributed by atoms with Gasteiger partial charge in [-0.2, -0.15) is 4.31 Å². The minimum atomic E-state index is -3.59. The van der Waals surface area contributed by atoms with Gasteiger partial charge < -0.3 is 14.7 Å². The largest absolute Gasteiger partial charge is 0.339 e. The van der Waals surface area contributed by atoms with Crippen molar-refractivity contribution in [2.45, 2.75) is 43.4 Å². The molecule has 1 aromatic carbocycles. The van der Waals surface area contributed by atoms with Crippen LogP contribution in [-0.4, -0.2) is 87.2 Å². The van der Waals surface area contributed by atoms with Crippen LogP contribution >= 0.6 is 0 Å². The van der Waals surface area contributed by atoms with Crippen molar-refractivity contribution in [1.29, 1.82) is 0 Å². The van der Waals surface area contributed by atoms with Gasteiger partial charge in [-0.15, -0.1) is 0 Å². The van der Waals surface area contributed by atoms with Crippen LogP contribution in [0.15, 0.2) is 23.1 Å². The highest BCUT2D eigenvalue weighted by atomic mass is 32.2. The van der Waals surface area contributed by atoms with Crippen LogP contribution in [0.5, 0.6) is 0 Å². The lowest BCUT2D eigenvalue weighted by molar-refractivity contribution is -0.133. The van der Waals surface area contributed by atoms with E-state index in [-0.39, 0.29) is 23.3 Å². The molecule has 0 aromatic heterocycles. The molecule has 3 aliphatic rings. The second-order valence-corrected chi connectivity index (χ2v) is 11.3. The fraction of sp³-hybridized carbons (Fsp3) is 0.636. The first-order valence-electron chi connectivity index (χ1n) is 11.1. The normalized spacial score (nSPS) is 22.6. The van der Waals surface area contributed by atoms with Gasteiger partial charge in [-0.25, -0.2) is 8.42 Å². The number of piperidine rings is 1. The van der Waals surface area contributed by atoms with Gasteiger partial charge in [0.2, 0.25) is 21.8 Å². The van der Waals surface area contributed by atoms with E-state index in [2.05, 4.69) is 4.90 Å². The number of amides is 2. The zero-order valence-corrected chi connectivity index (χ0v) is 19.4. The molecule has 2 fully saturated rings. The topological polar surface area (TPSA) is 81.2 Å². The summed E-state index contributed by atoms with van der Waals surface area (Å²) in [6.45, 7) is 7.59. The highest BCUT2D eigenvalue weighted by Crippen LogP contribution is 2.43. The Kier molecular flexibility index (Phi) is 5.87. The number of benzene rings is 1. The molecule has 0 radical (unpaired) electrons. The van der Waals surface area contributed by atoms with Crippen molar-refractivity contribution in [3.8, 4) is 0 Å². The standard InChI is InChI=1S/C22H32N4O4S/c1-22(2)18-15-17(31(29,30)25-9-5-4-6-10-25)7-8-19(18)26(21(22)28)16-20(27)24-13-11-23(3)12-14-24/h7-8,15H,4-6,9-14,16H2,1-3H3. The van der Waals surface area contributed by atoms with Crippen LogP contribution in [0.2, 0.25) is 0 Å². The van der Waals surface area contributed by atoms with Gasteiger partial charge in [0.25, 0.3) is 0 Å². The zero-order chi connectivity index (χ0) is 22.4. The highest BCUT2D eigenvalue weighted by Gasteiger charge is 2.45. The van der Waals surface area contributed by atoms with Crippen molar-refractivity contribution in [1.82, 2.24) is 14.1 Å². The first kappa shape index (κ1) is 22.2. The van der Waals surface area contributed by atoms with E-state index in [1.807, 2.05) is 7.05 Å². The first-order valence-corrected chi connectivity index (χ1v) is 12.5. The number of carbonyl (C=O) groups is 2. The number of hydrogen-bond donors (Lipinski definition) is 0.